The summed E-state index contributed by atoms with van der Waals surface area (Å²) in [6.07, 6.45) is 7.41. The quantitative estimate of drug-likeness (QED) is 0.741. The summed E-state index contributed by atoms with van der Waals surface area (Å²) in [6.45, 7) is 1.02. The molecule has 0 aromatic rings. The van der Waals surface area contributed by atoms with Gasteiger partial charge in [-0.1, -0.05) is 25.7 Å². The number of hydrogen-bond acceptors (Lipinski definition) is 3. The fraction of sp³-hybridized carbons (Fsp3) is 1.00. The van der Waals surface area contributed by atoms with Crippen LogP contribution in [0, 0.1) is 0 Å². The second-order valence-electron chi connectivity index (χ2n) is 5.13. The van der Waals surface area contributed by atoms with Crippen molar-refractivity contribution in [1.82, 2.24) is 8.61 Å². The van der Waals surface area contributed by atoms with Gasteiger partial charge in [-0.05, 0) is 25.8 Å². The molecule has 0 saturated heterocycles. The second kappa shape index (κ2) is 7.43. The number of nitrogens with two attached hydrogens (primary N) is 1. The molecular weight excluding hydrogens is 250 g/mol. The summed E-state index contributed by atoms with van der Waals surface area (Å²) in [7, 11) is 0.0337. The summed E-state index contributed by atoms with van der Waals surface area (Å²) in [5.41, 5.74) is 5.42. The van der Waals surface area contributed by atoms with E-state index in [1.807, 2.05) is 0 Å². The molecule has 0 atom stereocenters. The van der Waals surface area contributed by atoms with Gasteiger partial charge < -0.3 is 5.73 Å². The van der Waals surface area contributed by atoms with Gasteiger partial charge in [0.1, 0.15) is 0 Å². The van der Waals surface area contributed by atoms with Crippen molar-refractivity contribution in [3.05, 3.63) is 0 Å². The third-order valence-electron chi connectivity index (χ3n) is 3.77. The molecule has 1 aliphatic carbocycles. The Kier molecular flexibility index (Phi) is 6.55. The third-order valence-corrected chi connectivity index (χ3v) is 5.77. The second-order valence-corrected chi connectivity index (χ2v) is 7.23. The summed E-state index contributed by atoms with van der Waals surface area (Å²) >= 11 is 0. The summed E-state index contributed by atoms with van der Waals surface area (Å²) in [6, 6.07) is 0.165. The van der Waals surface area contributed by atoms with E-state index in [0.717, 1.165) is 25.7 Å². The molecule has 1 aliphatic rings. The van der Waals surface area contributed by atoms with Crippen LogP contribution >= 0.6 is 0 Å². The van der Waals surface area contributed by atoms with E-state index in [1.165, 1.54) is 17.1 Å². The lowest BCUT2D eigenvalue weighted by Crippen LogP contribution is -2.45. The molecule has 0 bridgehead atoms. The van der Waals surface area contributed by atoms with E-state index < -0.39 is 10.2 Å². The monoisotopic (exact) mass is 277 g/mol. The van der Waals surface area contributed by atoms with Gasteiger partial charge in [-0.15, -0.1) is 0 Å². The maximum Gasteiger partial charge on any atom is 0.281 e. The average Bonchev–Trinajstić information content (AvgIpc) is 2.63. The molecular formula is C12H27N3O2S. The Morgan fingerprint density at radius 3 is 2.17 bits per heavy atom. The molecule has 1 saturated carbocycles. The maximum atomic E-state index is 12.4. The fourth-order valence-corrected chi connectivity index (χ4v) is 3.85. The van der Waals surface area contributed by atoms with Crippen molar-refractivity contribution in [3.8, 4) is 0 Å². The van der Waals surface area contributed by atoms with Crippen LogP contribution in [0.25, 0.3) is 0 Å². The molecule has 5 nitrogen and oxygen atoms in total. The number of rotatable bonds is 6. The van der Waals surface area contributed by atoms with Gasteiger partial charge in [0.15, 0.2) is 0 Å². The van der Waals surface area contributed by atoms with Crippen LogP contribution in [-0.2, 0) is 10.2 Å². The van der Waals surface area contributed by atoms with Crippen LogP contribution in [0.3, 0.4) is 0 Å². The summed E-state index contributed by atoms with van der Waals surface area (Å²) in [5.74, 6) is 0. The van der Waals surface area contributed by atoms with Gasteiger partial charge in [-0.25, -0.2) is 0 Å². The van der Waals surface area contributed by atoms with Crippen LogP contribution in [0.4, 0.5) is 0 Å². The lowest BCUT2D eigenvalue weighted by Gasteiger charge is -2.30. The minimum atomic E-state index is -3.32. The van der Waals surface area contributed by atoms with Crippen LogP contribution in [-0.4, -0.2) is 50.3 Å². The first-order chi connectivity index (χ1) is 8.50. The molecule has 2 N–H and O–H groups in total. The first-order valence-corrected chi connectivity index (χ1v) is 8.29. The van der Waals surface area contributed by atoms with Gasteiger partial charge in [0, 0.05) is 26.7 Å². The van der Waals surface area contributed by atoms with Crippen molar-refractivity contribution < 1.29 is 8.42 Å². The van der Waals surface area contributed by atoms with E-state index in [4.69, 9.17) is 5.73 Å². The van der Waals surface area contributed by atoms with Gasteiger partial charge in [-0.3, -0.25) is 0 Å². The molecule has 18 heavy (non-hydrogen) atoms. The predicted octanol–water partition coefficient (Wildman–Crippen LogP) is 1.17. The van der Waals surface area contributed by atoms with Crippen LogP contribution < -0.4 is 5.73 Å². The Labute approximate surface area is 112 Å². The Bertz CT molecular complexity index is 324. The molecule has 0 aromatic carbocycles. The molecule has 0 heterocycles. The minimum Gasteiger partial charge on any atom is -0.330 e. The smallest absolute Gasteiger partial charge is 0.281 e. The van der Waals surface area contributed by atoms with Crippen molar-refractivity contribution >= 4 is 10.2 Å². The van der Waals surface area contributed by atoms with Crippen LogP contribution in [0.15, 0.2) is 0 Å². The third kappa shape index (κ3) is 4.19. The van der Waals surface area contributed by atoms with Gasteiger partial charge in [0.2, 0.25) is 0 Å². The molecule has 6 heteroatoms. The zero-order valence-electron chi connectivity index (χ0n) is 11.6. The normalized spacial score (nSPS) is 19.4. The average molecular weight is 277 g/mol. The predicted molar refractivity (Wildman–Crippen MR) is 74.5 cm³/mol. The molecule has 0 amide bonds. The van der Waals surface area contributed by atoms with Gasteiger partial charge in [0.05, 0.1) is 0 Å². The molecule has 0 radical (unpaired) electrons. The highest BCUT2D eigenvalue weighted by molar-refractivity contribution is 7.86. The van der Waals surface area contributed by atoms with Crippen molar-refractivity contribution in [2.24, 2.45) is 5.73 Å². The first-order valence-electron chi connectivity index (χ1n) is 6.89. The summed E-state index contributed by atoms with van der Waals surface area (Å²) in [5, 5.41) is 0. The highest BCUT2D eigenvalue weighted by Crippen LogP contribution is 2.23. The Morgan fingerprint density at radius 2 is 1.67 bits per heavy atom. The van der Waals surface area contributed by atoms with E-state index in [1.54, 1.807) is 18.4 Å². The van der Waals surface area contributed by atoms with Gasteiger partial charge >= 0.3 is 0 Å². The standard InChI is InChI=1S/C12H27N3O2S/c1-14(11-7-10-13)18(16,17)15(2)12-8-5-3-4-6-9-12/h12H,3-11,13H2,1-2H3. The first kappa shape index (κ1) is 15.9. The number of hydrogen-bond donors (Lipinski definition) is 1. The molecule has 1 fully saturated rings. The van der Waals surface area contributed by atoms with Gasteiger partial charge in [0.25, 0.3) is 10.2 Å². The van der Waals surface area contributed by atoms with Crippen molar-refractivity contribution in [2.45, 2.75) is 51.0 Å². The molecule has 0 aliphatic heterocycles. The van der Waals surface area contributed by atoms with E-state index in [9.17, 15) is 8.42 Å². The molecule has 0 unspecified atom stereocenters. The SMILES string of the molecule is CN(CCCN)S(=O)(=O)N(C)C1CCCCCC1. The van der Waals surface area contributed by atoms with E-state index in [2.05, 4.69) is 0 Å². The van der Waals surface area contributed by atoms with Crippen LogP contribution in [0.2, 0.25) is 0 Å². The molecule has 1 rings (SSSR count). The summed E-state index contributed by atoms with van der Waals surface area (Å²) < 4.78 is 27.7. The Balaban J connectivity index is 2.64. The van der Waals surface area contributed by atoms with E-state index >= 15 is 0 Å². The Hall–Kier alpha value is -0.170. The van der Waals surface area contributed by atoms with E-state index in [0.29, 0.717) is 19.5 Å². The maximum absolute atomic E-state index is 12.4. The highest BCUT2D eigenvalue weighted by Gasteiger charge is 2.29. The largest absolute Gasteiger partial charge is 0.330 e. The van der Waals surface area contributed by atoms with Crippen LogP contribution in [0.5, 0.6) is 0 Å². The van der Waals surface area contributed by atoms with E-state index in [-0.39, 0.29) is 6.04 Å². The lowest BCUT2D eigenvalue weighted by atomic mass is 10.1. The fourth-order valence-electron chi connectivity index (χ4n) is 2.46. The zero-order valence-corrected chi connectivity index (χ0v) is 12.5. The van der Waals surface area contributed by atoms with Crippen molar-refractivity contribution in [3.63, 3.8) is 0 Å². The molecule has 108 valence electrons. The van der Waals surface area contributed by atoms with Crippen LogP contribution in [0.1, 0.15) is 44.9 Å². The molecule has 0 spiro atoms. The van der Waals surface area contributed by atoms with Crippen molar-refractivity contribution in [1.29, 1.82) is 0 Å². The van der Waals surface area contributed by atoms with Gasteiger partial charge in [-0.2, -0.15) is 17.0 Å². The molecule has 0 aromatic heterocycles. The number of nitrogens with zero attached hydrogens (tertiary/aromatic N) is 2. The lowest BCUT2D eigenvalue weighted by molar-refractivity contribution is 0.307. The Morgan fingerprint density at radius 1 is 1.11 bits per heavy atom. The van der Waals surface area contributed by atoms with Crippen molar-refractivity contribution in [2.75, 3.05) is 27.2 Å². The zero-order chi connectivity index (χ0) is 13.6. The highest BCUT2D eigenvalue weighted by atomic mass is 32.2. The topological polar surface area (TPSA) is 66.6 Å². The summed E-state index contributed by atoms with van der Waals surface area (Å²) in [4.78, 5) is 0. The minimum absolute atomic E-state index is 0.165.